The molecule has 0 radical (unpaired) electrons. The standard InChI is InChI=1S/C22H23N5O3S/c1-31(29,30)27-12-18(14-5-3-2-4-6-14)19(13-27)21-25-20-8-7-15(16-10-23-24-11-16)9-17(20)22(28)26-21/h2-10,16,18-19,24H,11-13H2,1H3,(H,25,26,28)/t16?,18-,19+/m0/s1. The van der Waals surface area contributed by atoms with Gasteiger partial charge in [0.2, 0.25) is 10.0 Å². The third-order valence-electron chi connectivity index (χ3n) is 6.17. The fraction of sp³-hybridized carbons (Fsp3) is 0.318. The quantitative estimate of drug-likeness (QED) is 0.647. The van der Waals surface area contributed by atoms with E-state index in [1.165, 1.54) is 10.6 Å². The lowest BCUT2D eigenvalue weighted by Gasteiger charge is -2.18. The summed E-state index contributed by atoms with van der Waals surface area (Å²) in [4.78, 5) is 20.7. The Balaban J connectivity index is 1.56. The zero-order chi connectivity index (χ0) is 21.6. The van der Waals surface area contributed by atoms with Crippen molar-refractivity contribution in [1.82, 2.24) is 19.7 Å². The fourth-order valence-electron chi connectivity index (χ4n) is 4.48. The predicted molar refractivity (Wildman–Crippen MR) is 120 cm³/mol. The first-order chi connectivity index (χ1) is 14.9. The van der Waals surface area contributed by atoms with Crippen LogP contribution in [0.1, 0.15) is 34.7 Å². The van der Waals surface area contributed by atoms with Crippen LogP contribution in [0.25, 0.3) is 10.9 Å². The Morgan fingerprint density at radius 2 is 1.81 bits per heavy atom. The number of aromatic amines is 1. The molecule has 3 atom stereocenters. The maximum atomic E-state index is 13.0. The van der Waals surface area contributed by atoms with Crippen molar-refractivity contribution in [2.24, 2.45) is 5.10 Å². The number of benzene rings is 2. The van der Waals surface area contributed by atoms with E-state index in [0.717, 1.165) is 11.1 Å². The number of rotatable bonds is 4. The molecule has 2 N–H and O–H groups in total. The highest BCUT2D eigenvalue weighted by molar-refractivity contribution is 7.88. The summed E-state index contributed by atoms with van der Waals surface area (Å²) in [5, 5.41) is 4.57. The van der Waals surface area contributed by atoms with Gasteiger partial charge >= 0.3 is 0 Å². The Kier molecular flexibility index (Phi) is 4.86. The van der Waals surface area contributed by atoms with Crippen LogP contribution >= 0.6 is 0 Å². The van der Waals surface area contributed by atoms with Gasteiger partial charge in [0, 0.05) is 43.6 Å². The smallest absolute Gasteiger partial charge is 0.258 e. The number of fused-ring (bicyclic) bond motifs is 1. The summed E-state index contributed by atoms with van der Waals surface area (Å²) in [5.41, 5.74) is 5.36. The van der Waals surface area contributed by atoms with Crippen LogP contribution in [0.5, 0.6) is 0 Å². The summed E-state index contributed by atoms with van der Waals surface area (Å²) >= 11 is 0. The van der Waals surface area contributed by atoms with Gasteiger partial charge in [0.05, 0.1) is 17.2 Å². The minimum Gasteiger partial charge on any atom is -0.310 e. The lowest BCUT2D eigenvalue weighted by molar-refractivity contribution is 0.475. The largest absolute Gasteiger partial charge is 0.310 e. The van der Waals surface area contributed by atoms with Gasteiger partial charge in [0.25, 0.3) is 5.56 Å². The number of hydrogen-bond donors (Lipinski definition) is 2. The molecule has 1 unspecified atom stereocenters. The SMILES string of the molecule is CS(=O)(=O)N1C[C@@H](c2ccccc2)[C@H](c2nc3ccc(C4C=NNC4)cc3c(=O)[nH]2)C1. The molecule has 2 aliphatic rings. The first-order valence-corrected chi connectivity index (χ1v) is 12.0. The number of hydrazone groups is 1. The van der Waals surface area contributed by atoms with Gasteiger partial charge in [-0.1, -0.05) is 36.4 Å². The number of hydrogen-bond acceptors (Lipinski definition) is 6. The highest BCUT2D eigenvalue weighted by atomic mass is 32.2. The number of sulfonamides is 1. The number of H-pyrrole nitrogens is 1. The van der Waals surface area contributed by atoms with Crippen molar-refractivity contribution in [2.45, 2.75) is 17.8 Å². The van der Waals surface area contributed by atoms with Gasteiger partial charge in [-0.25, -0.2) is 17.7 Å². The van der Waals surface area contributed by atoms with Crippen LogP contribution in [-0.2, 0) is 10.0 Å². The molecule has 0 saturated carbocycles. The molecule has 3 heterocycles. The third kappa shape index (κ3) is 3.75. The topological polar surface area (TPSA) is 108 Å². The molecule has 2 aliphatic heterocycles. The Labute approximate surface area is 180 Å². The molecule has 1 saturated heterocycles. The molecule has 8 nitrogen and oxygen atoms in total. The predicted octanol–water partition coefficient (Wildman–Crippen LogP) is 1.74. The Bertz CT molecular complexity index is 1320. The van der Waals surface area contributed by atoms with Gasteiger partial charge in [-0.3, -0.25) is 4.79 Å². The van der Waals surface area contributed by atoms with Crippen LogP contribution in [0.2, 0.25) is 0 Å². The van der Waals surface area contributed by atoms with Gasteiger partial charge < -0.3 is 10.4 Å². The van der Waals surface area contributed by atoms with Crippen LogP contribution in [0.15, 0.2) is 58.4 Å². The maximum absolute atomic E-state index is 13.0. The number of nitrogens with zero attached hydrogens (tertiary/aromatic N) is 3. The van der Waals surface area contributed by atoms with Crippen LogP contribution in [0.4, 0.5) is 0 Å². The molecule has 1 aromatic heterocycles. The first-order valence-electron chi connectivity index (χ1n) is 10.2. The van der Waals surface area contributed by atoms with E-state index in [2.05, 4.69) is 15.5 Å². The van der Waals surface area contributed by atoms with Crippen molar-refractivity contribution in [3.8, 4) is 0 Å². The second-order valence-electron chi connectivity index (χ2n) is 8.18. The van der Waals surface area contributed by atoms with Crippen molar-refractivity contribution in [3.63, 3.8) is 0 Å². The van der Waals surface area contributed by atoms with Crippen LogP contribution in [-0.4, -0.2) is 54.8 Å². The van der Waals surface area contributed by atoms with E-state index in [-0.39, 0.29) is 29.9 Å². The number of nitrogens with one attached hydrogen (secondary N) is 2. The Morgan fingerprint density at radius 1 is 1.03 bits per heavy atom. The van der Waals surface area contributed by atoms with E-state index in [4.69, 9.17) is 4.98 Å². The summed E-state index contributed by atoms with van der Waals surface area (Å²) in [5.74, 6) is 0.329. The van der Waals surface area contributed by atoms with E-state index in [9.17, 15) is 13.2 Å². The third-order valence-corrected chi connectivity index (χ3v) is 7.40. The lowest BCUT2D eigenvalue weighted by atomic mass is 9.88. The summed E-state index contributed by atoms with van der Waals surface area (Å²) in [6, 6.07) is 15.5. The molecule has 0 aliphatic carbocycles. The van der Waals surface area contributed by atoms with Gasteiger partial charge in [-0.2, -0.15) is 5.10 Å². The minimum absolute atomic E-state index is 0.0865. The first kappa shape index (κ1) is 19.9. The average molecular weight is 438 g/mol. The summed E-state index contributed by atoms with van der Waals surface area (Å²) in [7, 11) is -3.36. The molecular weight excluding hydrogens is 414 g/mol. The van der Waals surface area contributed by atoms with Crippen molar-refractivity contribution >= 4 is 27.1 Å². The highest BCUT2D eigenvalue weighted by Gasteiger charge is 2.40. The van der Waals surface area contributed by atoms with E-state index < -0.39 is 10.0 Å². The molecule has 0 spiro atoms. The van der Waals surface area contributed by atoms with E-state index in [1.807, 2.05) is 54.7 Å². The zero-order valence-electron chi connectivity index (χ0n) is 17.0. The monoisotopic (exact) mass is 437 g/mol. The molecule has 2 aromatic carbocycles. The molecular formula is C22H23N5O3S. The van der Waals surface area contributed by atoms with E-state index >= 15 is 0 Å². The van der Waals surface area contributed by atoms with Crippen molar-refractivity contribution in [1.29, 1.82) is 0 Å². The zero-order valence-corrected chi connectivity index (χ0v) is 17.8. The van der Waals surface area contributed by atoms with Crippen molar-refractivity contribution in [2.75, 3.05) is 25.9 Å². The van der Waals surface area contributed by atoms with Crippen LogP contribution < -0.4 is 11.0 Å². The molecule has 0 bridgehead atoms. The Hall–Kier alpha value is -3.04. The molecule has 3 aromatic rings. The molecule has 9 heteroatoms. The highest BCUT2D eigenvalue weighted by Crippen LogP contribution is 2.39. The number of aromatic nitrogens is 2. The second-order valence-corrected chi connectivity index (χ2v) is 10.2. The van der Waals surface area contributed by atoms with Gasteiger partial charge in [-0.15, -0.1) is 0 Å². The summed E-state index contributed by atoms with van der Waals surface area (Å²) in [6.07, 6.45) is 3.05. The Morgan fingerprint density at radius 3 is 2.52 bits per heavy atom. The maximum Gasteiger partial charge on any atom is 0.258 e. The van der Waals surface area contributed by atoms with Crippen LogP contribution in [0.3, 0.4) is 0 Å². The van der Waals surface area contributed by atoms with Crippen LogP contribution in [0, 0.1) is 0 Å². The van der Waals surface area contributed by atoms with E-state index in [0.29, 0.717) is 29.8 Å². The van der Waals surface area contributed by atoms with E-state index in [1.54, 1.807) is 0 Å². The molecule has 1 fully saturated rings. The van der Waals surface area contributed by atoms with Crippen molar-refractivity contribution < 1.29 is 8.42 Å². The molecule has 160 valence electrons. The summed E-state index contributed by atoms with van der Waals surface area (Å²) < 4.78 is 26.0. The van der Waals surface area contributed by atoms with Gasteiger partial charge in [-0.05, 0) is 23.3 Å². The van der Waals surface area contributed by atoms with Crippen molar-refractivity contribution in [3.05, 3.63) is 75.8 Å². The average Bonchev–Trinajstić information content (AvgIpc) is 3.44. The van der Waals surface area contributed by atoms with Gasteiger partial charge in [0.1, 0.15) is 5.82 Å². The fourth-order valence-corrected chi connectivity index (χ4v) is 5.35. The molecule has 5 rings (SSSR count). The normalized spacial score (nSPS) is 24.0. The minimum atomic E-state index is -3.36. The van der Waals surface area contributed by atoms with Gasteiger partial charge in [0.15, 0.2) is 0 Å². The summed E-state index contributed by atoms with van der Waals surface area (Å²) in [6.45, 7) is 1.36. The second kappa shape index (κ2) is 7.58. The lowest BCUT2D eigenvalue weighted by Crippen LogP contribution is -2.27. The molecule has 0 amide bonds. The molecule has 31 heavy (non-hydrogen) atoms.